The summed E-state index contributed by atoms with van der Waals surface area (Å²) in [5.41, 5.74) is 5.32. The van der Waals surface area contributed by atoms with Crippen molar-refractivity contribution >= 4 is 39.9 Å². The predicted molar refractivity (Wildman–Crippen MR) is 125 cm³/mol. The first-order valence-electron chi connectivity index (χ1n) is 10.4. The maximum absolute atomic E-state index is 12.5. The number of fused-ring (bicyclic) bond motifs is 1. The summed E-state index contributed by atoms with van der Waals surface area (Å²) in [4.78, 5) is 19.6. The van der Waals surface area contributed by atoms with Gasteiger partial charge in [0.05, 0.1) is 24.5 Å². The van der Waals surface area contributed by atoms with Gasteiger partial charge in [-0.15, -0.1) is 0 Å². The first kappa shape index (κ1) is 20.7. The number of hydrogen-bond donors (Lipinski definition) is 1. The fourth-order valence-corrected chi connectivity index (χ4v) is 4.48. The number of aromatic nitrogens is 1. The minimum Gasteiger partial charge on any atom is -0.378 e. The number of thioether (sulfide) groups is 1. The molecule has 1 amide bonds. The summed E-state index contributed by atoms with van der Waals surface area (Å²) >= 11 is 1.50. The van der Waals surface area contributed by atoms with Crippen LogP contribution >= 0.6 is 11.8 Å². The molecule has 156 valence electrons. The van der Waals surface area contributed by atoms with E-state index in [1.54, 1.807) is 0 Å². The molecule has 0 spiro atoms. The molecule has 1 N–H and O–H groups in total. The first-order chi connectivity index (χ1) is 14.6. The zero-order chi connectivity index (χ0) is 20.9. The van der Waals surface area contributed by atoms with Gasteiger partial charge in [0.25, 0.3) is 0 Å². The molecule has 0 atom stereocenters. The number of benzene rings is 2. The Morgan fingerprint density at radius 1 is 1.13 bits per heavy atom. The summed E-state index contributed by atoms with van der Waals surface area (Å²) in [6.07, 6.45) is 0.893. The molecule has 5 nitrogen and oxygen atoms in total. The van der Waals surface area contributed by atoms with Gasteiger partial charge in [-0.05, 0) is 60.9 Å². The number of carbonyl (C=O) groups is 1. The topological polar surface area (TPSA) is 54.5 Å². The van der Waals surface area contributed by atoms with Crippen molar-refractivity contribution in [2.75, 3.05) is 42.3 Å². The lowest BCUT2D eigenvalue weighted by molar-refractivity contribution is -0.113. The molecule has 0 aliphatic carbocycles. The number of nitrogens with zero attached hydrogens (tertiary/aromatic N) is 2. The zero-order valence-electron chi connectivity index (χ0n) is 17.5. The van der Waals surface area contributed by atoms with E-state index in [1.807, 2.05) is 12.1 Å². The standard InChI is InChI=1S/C24H27N3O2S/c1-3-18-15-19-5-4-17(2)14-22(19)26-24(18)30-16-23(28)25-20-6-8-21(9-7-20)27-10-12-29-13-11-27/h4-9,14-15H,3,10-13,16H2,1-2H3,(H,25,28). The third-order valence-electron chi connectivity index (χ3n) is 5.26. The van der Waals surface area contributed by atoms with E-state index in [9.17, 15) is 4.79 Å². The highest BCUT2D eigenvalue weighted by Gasteiger charge is 2.12. The molecule has 0 unspecified atom stereocenters. The van der Waals surface area contributed by atoms with Gasteiger partial charge in [0.15, 0.2) is 0 Å². The molecule has 1 aromatic heterocycles. The van der Waals surface area contributed by atoms with Gasteiger partial charge in [-0.2, -0.15) is 0 Å². The molecule has 4 rings (SSSR count). The Bertz CT molecular complexity index is 1030. The summed E-state index contributed by atoms with van der Waals surface area (Å²) in [6.45, 7) is 7.52. The Morgan fingerprint density at radius 2 is 1.90 bits per heavy atom. The van der Waals surface area contributed by atoms with Gasteiger partial charge in [0, 0.05) is 29.9 Å². The molecule has 1 saturated heterocycles. The molecular weight excluding hydrogens is 394 g/mol. The predicted octanol–water partition coefficient (Wildman–Crippen LogP) is 4.67. The van der Waals surface area contributed by atoms with E-state index in [-0.39, 0.29) is 5.91 Å². The lowest BCUT2D eigenvalue weighted by Gasteiger charge is -2.28. The van der Waals surface area contributed by atoms with E-state index >= 15 is 0 Å². The highest BCUT2D eigenvalue weighted by atomic mass is 32.2. The Hall–Kier alpha value is -2.57. The van der Waals surface area contributed by atoms with Crippen LogP contribution in [0.5, 0.6) is 0 Å². The fourth-order valence-electron chi connectivity index (χ4n) is 3.59. The van der Waals surface area contributed by atoms with Crippen molar-refractivity contribution in [3.8, 4) is 0 Å². The van der Waals surface area contributed by atoms with Crippen molar-refractivity contribution in [3.63, 3.8) is 0 Å². The second-order valence-corrected chi connectivity index (χ2v) is 8.45. The second kappa shape index (κ2) is 9.49. The van der Waals surface area contributed by atoms with Crippen LogP contribution in [0.15, 0.2) is 53.6 Å². The number of hydrogen-bond acceptors (Lipinski definition) is 5. The van der Waals surface area contributed by atoms with E-state index in [1.165, 1.54) is 22.9 Å². The Labute approximate surface area is 181 Å². The van der Waals surface area contributed by atoms with E-state index in [2.05, 4.69) is 60.5 Å². The van der Waals surface area contributed by atoms with Gasteiger partial charge in [0.1, 0.15) is 5.03 Å². The number of anilines is 2. The van der Waals surface area contributed by atoms with Gasteiger partial charge in [-0.1, -0.05) is 30.8 Å². The van der Waals surface area contributed by atoms with Crippen LogP contribution < -0.4 is 10.2 Å². The number of pyridine rings is 1. The fraction of sp³-hybridized carbons (Fsp3) is 0.333. The van der Waals surface area contributed by atoms with Gasteiger partial charge in [0.2, 0.25) is 5.91 Å². The highest BCUT2D eigenvalue weighted by Crippen LogP contribution is 2.26. The normalized spacial score (nSPS) is 14.1. The van der Waals surface area contributed by atoms with Crippen molar-refractivity contribution < 1.29 is 9.53 Å². The number of aryl methyl sites for hydroxylation is 2. The minimum absolute atomic E-state index is 0.0210. The molecule has 2 aromatic carbocycles. The monoisotopic (exact) mass is 421 g/mol. The van der Waals surface area contributed by atoms with E-state index in [0.717, 1.165) is 60.0 Å². The van der Waals surface area contributed by atoms with Crippen LogP contribution in [0.25, 0.3) is 10.9 Å². The molecule has 3 aromatic rings. The van der Waals surface area contributed by atoms with E-state index in [4.69, 9.17) is 9.72 Å². The maximum Gasteiger partial charge on any atom is 0.234 e. The largest absolute Gasteiger partial charge is 0.378 e. The average Bonchev–Trinajstić information content (AvgIpc) is 2.78. The number of rotatable bonds is 6. The number of ether oxygens (including phenoxy) is 1. The summed E-state index contributed by atoms with van der Waals surface area (Å²) in [7, 11) is 0. The van der Waals surface area contributed by atoms with Gasteiger partial charge < -0.3 is 15.0 Å². The van der Waals surface area contributed by atoms with Crippen molar-refractivity contribution in [2.45, 2.75) is 25.3 Å². The quantitative estimate of drug-likeness (QED) is 0.586. The Morgan fingerprint density at radius 3 is 2.63 bits per heavy atom. The number of carbonyl (C=O) groups excluding carboxylic acids is 1. The van der Waals surface area contributed by atoms with Crippen molar-refractivity contribution in [1.82, 2.24) is 4.98 Å². The van der Waals surface area contributed by atoms with E-state index < -0.39 is 0 Å². The van der Waals surface area contributed by atoms with Crippen LogP contribution in [0.2, 0.25) is 0 Å². The maximum atomic E-state index is 12.5. The van der Waals surface area contributed by atoms with Crippen LogP contribution in [0.3, 0.4) is 0 Å². The molecule has 2 heterocycles. The Balaban J connectivity index is 1.38. The number of amides is 1. The molecule has 6 heteroatoms. The van der Waals surface area contributed by atoms with Crippen LogP contribution in [-0.2, 0) is 16.0 Å². The zero-order valence-corrected chi connectivity index (χ0v) is 18.3. The summed E-state index contributed by atoms with van der Waals surface area (Å²) in [5, 5.41) is 5.08. The molecule has 0 saturated carbocycles. The molecule has 1 fully saturated rings. The number of nitrogens with one attached hydrogen (secondary N) is 1. The number of morpholine rings is 1. The average molecular weight is 422 g/mol. The molecule has 1 aliphatic heterocycles. The summed E-state index contributed by atoms with van der Waals surface area (Å²) in [6, 6.07) is 16.5. The lowest BCUT2D eigenvalue weighted by Crippen LogP contribution is -2.36. The van der Waals surface area contributed by atoms with Gasteiger partial charge >= 0.3 is 0 Å². The molecule has 30 heavy (non-hydrogen) atoms. The highest BCUT2D eigenvalue weighted by molar-refractivity contribution is 8.00. The minimum atomic E-state index is -0.0210. The van der Waals surface area contributed by atoms with Gasteiger partial charge in [-0.3, -0.25) is 4.79 Å². The van der Waals surface area contributed by atoms with Crippen LogP contribution in [-0.4, -0.2) is 42.9 Å². The van der Waals surface area contributed by atoms with E-state index in [0.29, 0.717) is 5.75 Å². The SMILES string of the molecule is CCc1cc2ccc(C)cc2nc1SCC(=O)Nc1ccc(N2CCOCC2)cc1. The second-order valence-electron chi connectivity index (χ2n) is 7.49. The first-order valence-corrected chi connectivity index (χ1v) is 11.4. The van der Waals surface area contributed by atoms with Gasteiger partial charge in [-0.25, -0.2) is 4.98 Å². The van der Waals surface area contributed by atoms with Crippen molar-refractivity contribution in [1.29, 1.82) is 0 Å². The smallest absolute Gasteiger partial charge is 0.234 e. The van der Waals surface area contributed by atoms with Crippen molar-refractivity contribution in [2.24, 2.45) is 0 Å². The third-order valence-corrected chi connectivity index (χ3v) is 6.29. The molecule has 1 aliphatic rings. The lowest BCUT2D eigenvalue weighted by atomic mass is 10.1. The Kier molecular flexibility index (Phi) is 6.55. The van der Waals surface area contributed by atoms with Crippen molar-refractivity contribution in [3.05, 3.63) is 59.7 Å². The van der Waals surface area contributed by atoms with Crippen LogP contribution in [0.4, 0.5) is 11.4 Å². The molecule has 0 bridgehead atoms. The van der Waals surface area contributed by atoms with Crippen LogP contribution in [0.1, 0.15) is 18.1 Å². The molecular formula is C24H27N3O2S. The molecule has 0 radical (unpaired) electrons. The van der Waals surface area contributed by atoms with Crippen LogP contribution in [0, 0.1) is 6.92 Å². The summed E-state index contributed by atoms with van der Waals surface area (Å²) in [5.74, 6) is 0.315. The summed E-state index contributed by atoms with van der Waals surface area (Å²) < 4.78 is 5.40. The third kappa shape index (κ3) is 4.94.